The van der Waals surface area contributed by atoms with Gasteiger partial charge < -0.3 is 11.1 Å². The zero-order valence-corrected chi connectivity index (χ0v) is 10.1. The molecule has 4 rings (SSSR count). The number of carbonyl (C=O) groups is 1. The van der Waals surface area contributed by atoms with E-state index in [4.69, 9.17) is 5.73 Å². The lowest BCUT2D eigenvalue weighted by molar-refractivity contribution is -0.127. The minimum Gasteiger partial charge on any atom is -0.351 e. The molecule has 3 heteroatoms. The fourth-order valence-electron chi connectivity index (χ4n) is 4.86. The van der Waals surface area contributed by atoms with E-state index in [1.54, 1.807) is 0 Å². The van der Waals surface area contributed by atoms with Crippen molar-refractivity contribution in [3.05, 3.63) is 0 Å². The van der Waals surface area contributed by atoms with Gasteiger partial charge in [0.15, 0.2) is 0 Å². The maximum absolute atomic E-state index is 11.6. The standard InChI is InChI=1S/C13H22N2O/c1-2-11(16)15-13-6-9-3-10(7-13)5-12(14,4-9)8-13/h9-10H,2-8,14H2,1H3,(H,15,16). The van der Waals surface area contributed by atoms with Crippen molar-refractivity contribution in [3.63, 3.8) is 0 Å². The second kappa shape index (κ2) is 3.22. The largest absolute Gasteiger partial charge is 0.351 e. The molecule has 4 saturated carbocycles. The highest BCUT2D eigenvalue weighted by molar-refractivity contribution is 5.76. The van der Waals surface area contributed by atoms with Crippen LogP contribution in [0.1, 0.15) is 51.9 Å². The van der Waals surface area contributed by atoms with Crippen molar-refractivity contribution in [3.8, 4) is 0 Å². The molecule has 4 aliphatic carbocycles. The summed E-state index contributed by atoms with van der Waals surface area (Å²) in [5.41, 5.74) is 6.57. The van der Waals surface area contributed by atoms with Crippen molar-refractivity contribution in [1.82, 2.24) is 5.32 Å². The monoisotopic (exact) mass is 222 g/mol. The Morgan fingerprint density at radius 3 is 2.44 bits per heavy atom. The molecule has 2 unspecified atom stereocenters. The molecule has 0 spiro atoms. The summed E-state index contributed by atoms with van der Waals surface area (Å²) < 4.78 is 0. The summed E-state index contributed by atoms with van der Waals surface area (Å²) in [5.74, 6) is 1.73. The second-order valence-electron chi connectivity index (χ2n) is 6.51. The third-order valence-electron chi connectivity index (χ3n) is 4.83. The number of hydrogen-bond acceptors (Lipinski definition) is 2. The van der Waals surface area contributed by atoms with Crippen molar-refractivity contribution < 1.29 is 4.79 Å². The molecule has 0 aliphatic heterocycles. The first-order valence-corrected chi connectivity index (χ1v) is 6.62. The number of carbonyl (C=O) groups excluding carboxylic acids is 1. The van der Waals surface area contributed by atoms with E-state index >= 15 is 0 Å². The average molecular weight is 222 g/mol. The molecule has 3 nitrogen and oxygen atoms in total. The summed E-state index contributed by atoms with van der Waals surface area (Å²) in [6.45, 7) is 1.92. The summed E-state index contributed by atoms with van der Waals surface area (Å²) in [7, 11) is 0. The van der Waals surface area contributed by atoms with Crippen LogP contribution in [-0.2, 0) is 4.79 Å². The molecular formula is C13H22N2O. The van der Waals surface area contributed by atoms with Gasteiger partial charge >= 0.3 is 0 Å². The molecule has 4 fully saturated rings. The molecule has 2 atom stereocenters. The smallest absolute Gasteiger partial charge is 0.220 e. The SMILES string of the molecule is CCC(=O)NC12CC3CC(CC(N)(C3)C1)C2. The van der Waals surface area contributed by atoms with Crippen LogP contribution in [0.4, 0.5) is 0 Å². The predicted molar refractivity (Wildman–Crippen MR) is 62.8 cm³/mol. The topological polar surface area (TPSA) is 55.1 Å². The Labute approximate surface area is 97.2 Å². The molecule has 0 aromatic heterocycles. The second-order valence-corrected chi connectivity index (χ2v) is 6.51. The quantitative estimate of drug-likeness (QED) is 0.745. The van der Waals surface area contributed by atoms with Crippen molar-refractivity contribution in [2.45, 2.75) is 62.9 Å². The van der Waals surface area contributed by atoms with Crippen molar-refractivity contribution in [2.24, 2.45) is 17.6 Å². The van der Waals surface area contributed by atoms with Crippen LogP contribution in [0.5, 0.6) is 0 Å². The average Bonchev–Trinajstić information content (AvgIpc) is 2.12. The Morgan fingerprint density at radius 2 is 1.94 bits per heavy atom. The van der Waals surface area contributed by atoms with Gasteiger partial charge in [0.1, 0.15) is 0 Å². The van der Waals surface area contributed by atoms with Gasteiger partial charge in [-0.2, -0.15) is 0 Å². The maximum Gasteiger partial charge on any atom is 0.220 e. The summed E-state index contributed by atoms with van der Waals surface area (Å²) in [6.07, 6.45) is 7.68. The molecule has 4 aliphatic rings. The molecule has 16 heavy (non-hydrogen) atoms. The van der Waals surface area contributed by atoms with Crippen LogP contribution >= 0.6 is 0 Å². The summed E-state index contributed by atoms with van der Waals surface area (Å²) in [4.78, 5) is 11.6. The van der Waals surface area contributed by atoms with E-state index in [0.717, 1.165) is 18.3 Å². The lowest BCUT2D eigenvalue weighted by atomic mass is 9.50. The van der Waals surface area contributed by atoms with Gasteiger partial charge in [-0.3, -0.25) is 4.79 Å². The van der Waals surface area contributed by atoms with Crippen LogP contribution in [0.15, 0.2) is 0 Å². The van der Waals surface area contributed by atoms with Crippen LogP contribution in [0, 0.1) is 11.8 Å². The first-order valence-electron chi connectivity index (χ1n) is 6.62. The van der Waals surface area contributed by atoms with Gasteiger partial charge in [0.05, 0.1) is 0 Å². The zero-order valence-electron chi connectivity index (χ0n) is 10.1. The highest BCUT2D eigenvalue weighted by Gasteiger charge is 2.56. The van der Waals surface area contributed by atoms with Crippen LogP contribution in [0.25, 0.3) is 0 Å². The molecule has 0 aromatic carbocycles. The molecule has 1 amide bonds. The predicted octanol–water partition coefficient (Wildman–Crippen LogP) is 1.56. The molecule has 0 aromatic rings. The van der Waals surface area contributed by atoms with Gasteiger partial charge in [-0.25, -0.2) is 0 Å². The zero-order chi connectivity index (χ0) is 11.4. The fourth-order valence-corrected chi connectivity index (χ4v) is 4.86. The van der Waals surface area contributed by atoms with E-state index in [1.165, 1.54) is 32.1 Å². The molecule has 0 heterocycles. The Morgan fingerprint density at radius 1 is 1.31 bits per heavy atom. The molecule has 0 radical (unpaired) electrons. The van der Waals surface area contributed by atoms with Crippen LogP contribution < -0.4 is 11.1 Å². The van der Waals surface area contributed by atoms with Crippen LogP contribution in [0.2, 0.25) is 0 Å². The summed E-state index contributed by atoms with van der Waals surface area (Å²) >= 11 is 0. The third-order valence-corrected chi connectivity index (χ3v) is 4.83. The van der Waals surface area contributed by atoms with E-state index in [2.05, 4.69) is 5.32 Å². The van der Waals surface area contributed by atoms with Crippen molar-refractivity contribution >= 4 is 5.91 Å². The Hall–Kier alpha value is -0.570. The lowest BCUT2D eigenvalue weighted by Gasteiger charge is -2.61. The van der Waals surface area contributed by atoms with E-state index in [0.29, 0.717) is 6.42 Å². The molecule has 3 N–H and O–H groups in total. The van der Waals surface area contributed by atoms with Crippen molar-refractivity contribution in [2.75, 3.05) is 0 Å². The van der Waals surface area contributed by atoms with Gasteiger partial charge in [-0.1, -0.05) is 6.92 Å². The number of hydrogen-bond donors (Lipinski definition) is 2. The Bertz CT molecular complexity index is 312. The van der Waals surface area contributed by atoms with Gasteiger partial charge in [-0.15, -0.1) is 0 Å². The fraction of sp³-hybridized carbons (Fsp3) is 0.923. The first-order chi connectivity index (χ1) is 7.53. The van der Waals surface area contributed by atoms with E-state index in [9.17, 15) is 4.79 Å². The highest BCUT2D eigenvalue weighted by atomic mass is 16.1. The Balaban J connectivity index is 1.83. The van der Waals surface area contributed by atoms with Gasteiger partial charge in [-0.05, 0) is 50.4 Å². The minimum absolute atomic E-state index is 0.0328. The third kappa shape index (κ3) is 1.56. The summed E-state index contributed by atoms with van der Waals surface area (Å²) in [5, 5.41) is 3.28. The van der Waals surface area contributed by atoms with Gasteiger partial charge in [0.25, 0.3) is 0 Å². The highest BCUT2D eigenvalue weighted by Crippen LogP contribution is 2.56. The molecule has 90 valence electrons. The van der Waals surface area contributed by atoms with Gasteiger partial charge in [0, 0.05) is 17.5 Å². The number of amides is 1. The minimum atomic E-state index is 0.0328. The van der Waals surface area contributed by atoms with Crippen LogP contribution in [0.3, 0.4) is 0 Å². The van der Waals surface area contributed by atoms with Crippen molar-refractivity contribution in [1.29, 1.82) is 0 Å². The summed E-state index contributed by atoms with van der Waals surface area (Å²) in [6, 6.07) is 0. The molecule has 4 bridgehead atoms. The molecule has 0 saturated heterocycles. The van der Waals surface area contributed by atoms with Gasteiger partial charge in [0.2, 0.25) is 5.91 Å². The Kier molecular flexibility index (Phi) is 2.13. The van der Waals surface area contributed by atoms with Crippen LogP contribution in [-0.4, -0.2) is 17.0 Å². The normalized spacial score (nSPS) is 49.4. The number of nitrogens with two attached hydrogens (primary N) is 1. The van der Waals surface area contributed by atoms with E-state index in [-0.39, 0.29) is 17.0 Å². The van der Waals surface area contributed by atoms with E-state index < -0.39 is 0 Å². The number of nitrogens with one attached hydrogen (secondary N) is 1. The lowest BCUT2D eigenvalue weighted by Crippen LogP contribution is -2.68. The maximum atomic E-state index is 11.6. The number of rotatable bonds is 2. The van der Waals surface area contributed by atoms with E-state index in [1.807, 2.05) is 6.92 Å². The molecular weight excluding hydrogens is 200 g/mol. The first kappa shape index (κ1) is 10.6.